The number of para-hydroxylation sites is 1. The summed E-state index contributed by atoms with van der Waals surface area (Å²) in [5.74, 6) is 0.369. The Morgan fingerprint density at radius 2 is 2.05 bits per heavy atom. The number of nitro benzene ring substituents is 1. The molecule has 21 heavy (non-hydrogen) atoms. The van der Waals surface area contributed by atoms with Gasteiger partial charge in [0.2, 0.25) is 11.7 Å². The van der Waals surface area contributed by atoms with Crippen molar-refractivity contribution in [3.05, 3.63) is 40.3 Å². The number of aromatic nitrogens is 2. The molecule has 2 atom stereocenters. The van der Waals surface area contributed by atoms with Crippen molar-refractivity contribution in [2.75, 3.05) is 0 Å². The lowest BCUT2D eigenvalue weighted by atomic mass is 9.86. The van der Waals surface area contributed by atoms with E-state index in [1.165, 1.54) is 6.07 Å². The first-order valence-electron chi connectivity index (χ1n) is 6.92. The highest BCUT2D eigenvalue weighted by atomic mass is 16.6. The topological polar surface area (TPSA) is 102 Å². The van der Waals surface area contributed by atoms with Gasteiger partial charge in [-0.2, -0.15) is 4.98 Å². The fourth-order valence-electron chi connectivity index (χ4n) is 2.72. The predicted molar refractivity (Wildman–Crippen MR) is 73.6 cm³/mol. The largest absolute Gasteiger partial charge is 0.392 e. The zero-order valence-electron chi connectivity index (χ0n) is 11.3. The summed E-state index contributed by atoms with van der Waals surface area (Å²) in [7, 11) is 0. The summed E-state index contributed by atoms with van der Waals surface area (Å²) >= 11 is 0. The van der Waals surface area contributed by atoms with Crippen molar-refractivity contribution in [3.8, 4) is 11.4 Å². The molecule has 7 nitrogen and oxygen atoms in total. The summed E-state index contributed by atoms with van der Waals surface area (Å²) < 4.78 is 5.22. The quantitative estimate of drug-likeness (QED) is 0.688. The molecule has 1 aromatic heterocycles. The number of aliphatic hydroxyl groups excluding tert-OH is 1. The lowest BCUT2D eigenvalue weighted by Crippen LogP contribution is -2.22. The van der Waals surface area contributed by atoms with E-state index in [9.17, 15) is 15.2 Å². The molecule has 1 fully saturated rings. The smallest absolute Gasteiger partial charge is 0.280 e. The average molecular weight is 289 g/mol. The Morgan fingerprint density at radius 3 is 2.81 bits per heavy atom. The van der Waals surface area contributed by atoms with Crippen LogP contribution in [0.3, 0.4) is 0 Å². The van der Waals surface area contributed by atoms with Crippen LogP contribution in [0.15, 0.2) is 28.8 Å². The molecule has 1 saturated carbocycles. The molecule has 110 valence electrons. The molecule has 0 amide bonds. The van der Waals surface area contributed by atoms with Gasteiger partial charge in [0.1, 0.15) is 5.56 Å². The number of benzene rings is 1. The van der Waals surface area contributed by atoms with Gasteiger partial charge in [-0.25, -0.2) is 0 Å². The van der Waals surface area contributed by atoms with Crippen molar-refractivity contribution in [3.63, 3.8) is 0 Å². The minimum Gasteiger partial charge on any atom is -0.392 e. The molecule has 1 aliphatic carbocycles. The molecule has 0 radical (unpaired) electrons. The van der Waals surface area contributed by atoms with Crippen LogP contribution >= 0.6 is 0 Å². The van der Waals surface area contributed by atoms with Crippen molar-refractivity contribution < 1.29 is 14.6 Å². The molecule has 2 aromatic rings. The molecule has 3 rings (SSSR count). The van der Waals surface area contributed by atoms with Gasteiger partial charge in [-0.3, -0.25) is 10.1 Å². The number of nitro groups is 1. The van der Waals surface area contributed by atoms with Gasteiger partial charge in [0.25, 0.3) is 5.69 Å². The minimum absolute atomic E-state index is 0.0611. The SMILES string of the molecule is O=[N+]([O-])c1ccccc1-c1noc(C2CCCCC2O)n1. The molecular formula is C14H15N3O4. The second kappa shape index (κ2) is 5.61. The lowest BCUT2D eigenvalue weighted by molar-refractivity contribution is -0.384. The Balaban J connectivity index is 1.93. The Labute approximate surface area is 120 Å². The second-order valence-corrected chi connectivity index (χ2v) is 5.19. The van der Waals surface area contributed by atoms with Gasteiger partial charge in [-0.05, 0) is 18.9 Å². The minimum atomic E-state index is -0.488. The maximum absolute atomic E-state index is 11.0. The van der Waals surface area contributed by atoms with Crippen LogP contribution < -0.4 is 0 Å². The molecule has 0 spiro atoms. The third-order valence-electron chi connectivity index (χ3n) is 3.83. The van der Waals surface area contributed by atoms with Crippen LogP contribution in [0.1, 0.15) is 37.5 Å². The third-order valence-corrected chi connectivity index (χ3v) is 3.83. The lowest BCUT2D eigenvalue weighted by Gasteiger charge is -2.24. The molecular weight excluding hydrogens is 274 g/mol. The summed E-state index contributed by atoms with van der Waals surface area (Å²) in [6, 6.07) is 6.27. The highest BCUT2D eigenvalue weighted by Crippen LogP contribution is 2.34. The van der Waals surface area contributed by atoms with E-state index in [0.29, 0.717) is 17.9 Å². The first-order valence-corrected chi connectivity index (χ1v) is 6.92. The second-order valence-electron chi connectivity index (χ2n) is 5.19. The highest BCUT2D eigenvalue weighted by molar-refractivity contribution is 5.67. The van der Waals surface area contributed by atoms with E-state index in [-0.39, 0.29) is 17.4 Å². The fourth-order valence-corrected chi connectivity index (χ4v) is 2.72. The normalized spacial score (nSPS) is 22.1. The van der Waals surface area contributed by atoms with Crippen LogP contribution in [-0.2, 0) is 0 Å². The van der Waals surface area contributed by atoms with Crippen LogP contribution in [0.2, 0.25) is 0 Å². The average Bonchev–Trinajstić information content (AvgIpc) is 2.97. The van der Waals surface area contributed by atoms with Crippen LogP contribution in [0.5, 0.6) is 0 Å². The van der Waals surface area contributed by atoms with E-state index < -0.39 is 11.0 Å². The van der Waals surface area contributed by atoms with Crippen molar-refractivity contribution >= 4 is 5.69 Å². The Bertz CT molecular complexity index is 655. The van der Waals surface area contributed by atoms with Gasteiger partial charge in [0.05, 0.1) is 16.9 Å². The first kappa shape index (κ1) is 13.7. The molecule has 1 aromatic carbocycles. The molecule has 1 heterocycles. The molecule has 1 aliphatic rings. The van der Waals surface area contributed by atoms with Crippen molar-refractivity contribution in [1.29, 1.82) is 0 Å². The van der Waals surface area contributed by atoms with Gasteiger partial charge in [-0.15, -0.1) is 0 Å². The van der Waals surface area contributed by atoms with E-state index in [4.69, 9.17) is 4.52 Å². The van der Waals surface area contributed by atoms with Gasteiger partial charge in [0, 0.05) is 6.07 Å². The number of aliphatic hydroxyl groups is 1. The van der Waals surface area contributed by atoms with Gasteiger partial charge >= 0.3 is 0 Å². The monoisotopic (exact) mass is 289 g/mol. The van der Waals surface area contributed by atoms with Crippen molar-refractivity contribution in [2.24, 2.45) is 0 Å². The van der Waals surface area contributed by atoms with Gasteiger partial charge in [-0.1, -0.05) is 30.1 Å². The summed E-state index contributed by atoms with van der Waals surface area (Å²) in [6.45, 7) is 0. The van der Waals surface area contributed by atoms with E-state index in [1.54, 1.807) is 18.2 Å². The molecule has 7 heteroatoms. The predicted octanol–water partition coefficient (Wildman–Crippen LogP) is 2.66. The van der Waals surface area contributed by atoms with Crippen LogP contribution in [0, 0.1) is 10.1 Å². The van der Waals surface area contributed by atoms with Crippen LogP contribution in [-0.4, -0.2) is 26.3 Å². The van der Waals surface area contributed by atoms with Crippen LogP contribution in [0.25, 0.3) is 11.4 Å². The van der Waals surface area contributed by atoms with E-state index in [2.05, 4.69) is 10.1 Å². The Kier molecular flexibility index (Phi) is 3.66. The van der Waals surface area contributed by atoms with Crippen molar-refractivity contribution in [2.45, 2.75) is 37.7 Å². The maximum atomic E-state index is 11.0. The number of nitrogens with zero attached hydrogens (tertiary/aromatic N) is 3. The summed E-state index contributed by atoms with van der Waals surface area (Å²) in [6.07, 6.45) is 3.01. The maximum Gasteiger partial charge on any atom is 0.280 e. The first-order chi connectivity index (χ1) is 10.2. The third kappa shape index (κ3) is 2.64. The molecule has 1 N–H and O–H groups in total. The summed E-state index contributed by atoms with van der Waals surface area (Å²) in [5, 5.41) is 24.9. The van der Waals surface area contributed by atoms with Gasteiger partial charge in [0.15, 0.2) is 0 Å². The zero-order chi connectivity index (χ0) is 14.8. The molecule has 0 bridgehead atoms. The standard InChI is InChI=1S/C14H15N3O4/c18-12-8-4-2-6-10(12)14-15-13(16-21-14)9-5-1-3-7-11(9)17(19)20/h1,3,5,7,10,12,18H,2,4,6,8H2. The van der Waals surface area contributed by atoms with Gasteiger partial charge < -0.3 is 9.63 Å². The molecule has 0 aliphatic heterocycles. The Morgan fingerprint density at radius 1 is 1.29 bits per heavy atom. The van der Waals surface area contributed by atoms with Crippen LogP contribution in [0.4, 0.5) is 5.69 Å². The highest BCUT2D eigenvalue weighted by Gasteiger charge is 2.30. The fraction of sp³-hybridized carbons (Fsp3) is 0.429. The molecule has 0 saturated heterocycles. The number of hydrogen-bond acceptors (Lipinski definition) is 6. The van der Waals surface area contributed by atoms with E-state index in [0.717, 1.165) is 19.3 Å². The summed E-state index contributed by atoms with van der Waals surface area (Å²) in [4.78, 5) is 14.8. The Hall–Kier alpha value is -2.28. The van der Waals surface area contributed by atoms with E-state index >= 15 is 0 Å². The summed E-state index contributed by atoms with van der Waals surface area (Å²) in [5.41, 5.74) is 0.261. The molecule has 2 unspecified atom stereocenters. The van der Waals surface area contributed by atoms with Crippen molar-refractivity contribution in [1.82, 2.24) is 10.1 Å². The number of rotatable bonds is 3. The number of hydrogen-bond donors (Lipinski definition) is 1. The van der Waals surface area contributed by atoms with E-state index in [1.807, 2.05) is 0 Å². The zero-order valence-corrected chi connectivity index (χ0v) is 11.3.